The number of esters is 1. The molecular formula is C21H26O7. The van der Waals surface area contributed by atoms with E-state index >= 15 is 0 Å². The smallest absolute Gasteiger partial charge is 0.330 e. The van der Waals surface area contributed by atoms with E-state index in [1.54, 1.807) is 0 Å². The number of hydrogen-bond acceptors (Lipinski definition) is 7. The van der Waals surface area contributed by atoms with Gasteiger partial charge in [0.15, 0.2) is 0 Å². The second-order valence-electron chi connectivity index (χ2n) is 5.62. The van der Waals surface area contributed by atoms with E-state index in [0.717, 1.165) is 22.6 Å². The molecule has 0 unspecified atom stereocenters. The molecule has 152 valence electrons. The van der Waals surface area contributed by atoms with Gasteiger partial charge in [0.2, 0.25) is 0 Å². The van der Waals surface area contributed by atoms with E-state index < -0.39 is 5.97 Å². The predicted octanol–water partition coefficient (Wildman–Crippen LogP) is 2.35. The monoisotopic (exact) mass is 390 g/mol. The summed E-state index contributed by atoms with van der Waals surface area (Å²) >= 11 is 0. The molecule has 0 fully saturated rings. The van der Waals surface area contributed by atoms with E-state index in [0.29, 0.717) is 38.8 Å². The molecular weight excluding hydrogens is 364 g/mol. The molecule has 28 heavy (non-hydrogen) atoms. The van der Waals surface area contributed by atoms with Crippen LogP contribution in [-0.2, 0) is 19.0 Å². The number of benzene rings is 2. The highest BCUT2D eigenvalue weighted by atomic mass is 16.6. The standard InChI is InChI=1S/C21H26O7/c1-2-21(23)28-16-14-25-12-11-24-13-15-27-20-8-4-5-17-18(20)6-3-7-19(17)26-10-9-22/h2-8,22H,1,9-16H2. The molecule has 0 atom stereocenters. The molecule has 7 nitrogen and oxygen atoms in total. The minimum absolute atomic E-state index is 0.0341. The third-order valence-corrected chi connectivity index (χ3v) is 3.69. The zero-order valence-corrected chi connectivity index (χ0v) is 15.8. The minimum atomic E-state index is -0.461. The predicted molar refractivity (Wildman–Crippen MR) is 105 cm³/mol. The number of aliphatic hydroxyl groups excluding tert-OH is 1. The van der Waals surface area contributed by atoms with E-state index in [2.05, 4.69) is 6.58 Å². The molecule has 0 aromatic heterocycles. The van der Waals surface area contributed by atoms with Gasteiger partial charge < -0.3 is 28.8 Å². The summed E-state index contributed by atoms with van der Waals surface area (Å²) in [6, 6.07) is 11.5. The molecule has 2 aromatic carbocycles. The Labute approximate surface area is 164 Å². The molecule has 0 heterocycles. The largest absolute Gasteiger partial charge is 0.491 e. The van der Waals surface area contributed by atoms with Gasteiger partial charge in [0, 0.05) is 16.8 Å². The highest BCUT2D eigenvalue weighted by Gasteiger charge is 2.06. The fourth-order valence-electron chi connectivity index (χ4n) is 2.45. The van der Waals surface area contributed by atoms with Crippen LogP contribution in [0.3, 0.4) is 0 Å². The van der Waals surface area contributed by atoms with Crippen LogP contribution in [0.1, 0.15) is 0 Å². The fourth-order valence-corrected chi connectivity index (χ4v) is 2.45. The zero-order chi connectivity index (χ0) is 20.0. The van der Waals surface area contributed by atoms with Crippen molar-refractivity contribution in [2.45, 2.75) is 0 Å². The van der Waals surface area contributed by atoms with Crippen molar-refractivity contribution in [1.29, 1.82) is 0 Å². The van der Waals surface area contributed by atoms with E-state index in [9.17, 15) is 4.79 Å². The van der Waals surface area contributed by atoms with Crippen LogP contribution in [0.2, 0.25) is 0 Å². The highest BCUT2D eigenvalue weighted by Crippen LogP contribution is 2.32. The third kappa shape index (κ3) is 7.19. The quantitative estimate of drug-likeness (QED) is 0.301. The average molecular weight is 390 g/mol. The average Bonchev–Trinajstić information content (AvgIpc) is 2.73. The van der Waals surface area contributed by atoms with Crippen LogP contribution < -0.4 is 9.47 Å². The summed E-state index contributed by atoms with van der Waals surface area (Å²) in [5.74, 6) is 0.998. The van der Waals surface area contributed by atoms with Gasteiger partial charge in [0.1, 0.15) is 31.3 Å². The summed E-state index contributed by atoms with van der Waals surface area (Å²) < 4.78 is 26.9. The van der Waals surface area contributed by atoms with E-state index in [1.165, 1.54) is 0 Å². The summed E-state index contributed by atoms with van der Waals surface area (Å²) in [6.45, 7) is 5.69. The number of rotatable bonds is 14. The lowest BCUT2D eigenvalue weighted by Crippen LogP contribution is -2.13. The van der Waals surface area contributed by atoms with Crippen LogP contribution in [0.25, 0.3) is 10.8 Å². The lowest BCUT2D eigenvalue weighted by Gasteiger charge is -2.12. The first kappa shape index (κ1) is 21.7. The van der Waals surface area contributed by atoms with Crippen LogP contribution >= 0.6 is 0 Å². The van der Waals surface area contributed by atoms with E-state index in [4.69, 9.17) is 28.8 Å². The molecule has 0 amide bonds. The first-order chi connectivity index (χ1) is 13.8. The normalized spacial score (nSPS) is 10.6. The zero-order valence-electron chi connectivity index (χ0n) is 15.8. The Kier molecular flexibility index (Phi) is 9.85. The summed E-state index contributed by atoms with van der Waals surface area (Å²) in [7, 11) is 0. The van der Waals surface area contributed by atoms with Gasteiger partial charge in [-0.15, -0.1) is 0 Å². The van der Waals surface area contributed by atoms with Gasteiger partial charge in [-0.25, -0.2) is 4.79 Å². The van der Waals surface area contributed by atoms with Gasteiger partial charge in [-0.05, 0) is 12.1 Å². The third-order valence-electron chi connectivity index (χ3n) is 3.69. The molecule has 2 aromatic rings. The number of fused-ring (bicyclic) bond motifs is 1. The molecule has 0 spiro atoms. The number of hydrogen-bond donors (Lipinski definition) is 1. The Hall–Kier alpha value is -2.61. The number of aliphatic hydroxyl groups is 1. The maximum absolute atomic E-state index is 10.8. The summed E-state index contributed by atoms with van der Waals surface area (Å²) in [6.07, 6.45) is 1.11. The summed E-state index contributed by atoms with van der Waals surface area (Å²) in [5, 5.41) is 10.8. The first-order valence-electron chi connectivity index (χ1n) is 9.09. The molecule has 0 saturated carbocycles. The van der Waals surface area contributed by atoms with Crippen molar-refractivity contribution in [1.82, 2.24) is 0 Å². The molecule has 0 aliphatic rings. The molecule has 7 heteroatoms. The number of carbonyl (C=O) groups is 1. The maximum Gasteiger partial charge on any atom is 0.330 e. The Morgan fingerprint density at radius 1 is 0.821 bits per heavy atom. The molecule has 0 aliphatic carbocycles. The summed E-state index contributed by atoms with van der Waals surface area (Å²) in [5.41, 5.74) is 0. The fraction of sp³-hybridized carbons (Fsp3) is 0.381. The van der Waals surface area contributed by atoms with Crippen molar-refractivity contribution < 1.29 is 33.6 Å². The highest BCUT2D eigenvalue weighted by molar-refractivity contribution is 5.93. The molecule has 0 radical (unpaired) electrons. The Morgan fingerprint density at radius 2 is 1.36 bits per heavy atom. The van der Waals surface area contributed by atoms with Crippen molar-refractivity contribution in [2.24, 2.45) is 0 Å². The van der Waals surface area contributed by atoms with Gasteiger partial charge in [-0.1, -0.05) is 30.8 Å². The van der Waals surface area contributed by atoms with Crippen molar-refractivity contribution in [3.8, 4) is 11.5 Å². The molecule has 0 saturated heterocycles. The lowest BCUT2D eigenvalue weighted by atomic mass is 10.1. The minimum Gasteiger partial charge on any atom is -0.491 e. The van der Waals surface area contributed by atoms with Crippen LogP contribution in [0.4, 0.5) is 0 Å². The van der Waals surface area contributed by atoms with Crippen LogP contribution in [0.15, 0.2) is 49.1 Å². The van der Waals surface area contributed by atoms with Gasteiger partial charge in [-0.2, -0.15) is 0 Å². The summed E-state index contributed by atoms with van der Waals surface area (Å²) in [4.78, 5) is 10.8. The van der Waals surface area contributed by atoms with Gasteiger partial charge in [0.25, 0.3) is 0 Å². The molecule has 1 N–H and O–H groups in total. The van der Waals surface area contributed by atoms with E-state index in [-0.39, 0.29) is 19.8 Å². The molecule has 0 aliphatic heterocycles. The SMILES string of the molecule is C=CC(=O)OCCOCCOCCOc1cccc2c(OCCO)cccc12. The molecule has 2 rings (SSSR count). The molecule has 0 bridgehead atoms. The maximum atomic E-state index is 10.8. The first-order valence-corrected chi connectivity index (χ1v) is 9.09. The van der Waals surface area contributed by atoms with Crippen LogP contribution in [0.5, 0.6) is 11.5 Å². The van der Waals surface area contributed by atoms with Crippen LogP contribution in [0, 0.1) is 0 Å². The number of carbonyl (C=O) groups excluding carboxylic acids is 1. The van der Waals surface area contributed by atoms with Crippen molar-refractivity contribution in [3.63, 3.8) is 0 Å². The Morgan fingerprint density at radius 3 is 1.93 bits per heavy atom. The van der Waals surface area contributed by atoms with Crippen molar-refractivity contribution in [3.05, 3.63) is 49.1 Å². The van der Waals surface area contributed by atoms with Crippen LogP contribution in [-0.4, -0.2) is 63.9 Å². The second kappa shape index (κ2) is 12.7. The van der Waals surface area contributed by atoms with Gasteiger partial charge in [0.05, 0.1) is 33.0 Å². The lowest BCUT2D eigenvalue weighted by molar-refractivity contribution is -0.139. The van der Waals surface area contributed by atoms with Gasteiger partial charge >= 0.3 is 5.97 Å². The Bertz CT molecular complexity index is 745. The van der Waals surface area contributed by atoms with Gasteiger partial charge in [-0.3, -0.25) is 0 Å². The van der Waals surface area contributed by atoms with E-state index in [1.807, 2.05) is 36.4 Å². The van der Waals surface area contributed by atoms with Crippen molar-refractivity contribution in [2.75, 3.05) is 52.9 Å². The topological polar surface area (TPSA) is 83.5 Å². The number of ether oxygens (including phenoxy) is 5. The van der Waals surface area contributed by atoms with Crippen molar-refractivity contribution >= 4 is 16.7 Å². The Balaban J connectivity index is 1.67. The second-order valence-corrected chi connectivity index (χ2v) is 5.62.